The zero-order chi connectivity index (χ0) is 29.3. The predicted octanol–water partition coefficient (Wildman–Crippen LogP) is 4.64. The number of carbonyl (C=O) groups excluding carboxylic acids is 1. The van der Waals surface area contributed by atoms with Gasteiger partial charge in [0, 0.05) is 39.0 Å². The van der Waals surface area contributed by atoms with Crippen molar-refractivity contribution in [1.29, 1.82) is 5.26 Å². The highest BCUT2D eigenvalue weighted by molar-refractivity contribution is 5.88. The molecule has 12 nitrogen and oxygen atoms in total. The van der Waals surface area contributed by atoms with Crippen LogP contribution >= 0.6 is 0 Å². The fourth-order valence-electron chi connectivity index (χ4n) is 6.00. The molecule has 12 heteroatoms. The summed E-state index contributed by atoms with van der Waals surface area (Å²) in [6.07, 6.45) is 9.06. The first-order valence-corrected chi connectivity index (χ1v) is 15.0. The van der Waals surface area contributed by atoms with Crippen LogP contribution in [-0.4, -0.2) is 69.2 Å². The number of amides is 1. The summed E-state index contributed by atoms with van der Waals surface area (Å²) in [5, 5.41) is 17.9. The summed E-state index contributed by atoms with van der Waals surface area (Å²) < 4.78 is 13.4. The minimum absolute atomic E-state index is 0.191. The Hall–Kier alpha value is -3.98. The van der Waals surface area contributed by atoms with Crippen molar-refractivity contribution in [3.05, 3.63) is 30.2 Å². The van der Waals surface area contributed by atoms with E-state index < -0.39 is 17.1 Å². The molecular formula is C30H39N9O3. The van der Waals surface area contributed by atoms with Crippen LogP contribution in [0.15, 0.2) is 24.5 Å². The zero-order valence-corrected chi connectivity index (χ0v) is 24.7. The molecule has 1 unspecified atom stereocenters. The summed E-state index contributed by atoms with van der Waals surface area (Å²) in [4.78, 5) is 31.2. The van der Waals surface area contributed by atoms with Gasteiger partial charge in [0.2, 0.25) is 0 Å². The molecule has 0 saturated carbocycles. The number of nitrogens with one attached hydrogen (secondary N) is 1. The van der Waals surface area contributed by atoms with Gasteiger partial charge in [0.1, 0.15) is 11.4 Å². The molecule has 0 aromatic carbocycles. The van der Waals surface area contributed by atoms with Crippen molar-refractivity contribution in [2.75, 3.05) is 42.6 Å². The van der Waals surface area contributed by atoms with Crippen LogP contribution in [0.4, 0.5) is 22.1 Å². The number of rotatable bonds is 5. The Balaban J connectivity index is 1.25. The molecular weight excluding hydrogens is 534 g/mol. The number of carbonyl (C=O) groups is 1. The number of pyridine rings is 1. The Kier molecular flexibility index (Phi) is 7.62. The van der Waals surface area contributed by atoms with E-state index in [1.807, 2.05) is 43.9 Å². The molecule has 3 aromatic rings. The lowest BCUT2D eigenvalue weighted by molar-refractivity contribution is -0.0368. The number of hydrogen-bond acceptors (Lipinski definition) is 10. The molecule has 3 aliphatic heterocycles. The highest BCUT2D eigenvalue weighted by Gasteiger charge is 2.37. The Morgan fingerprint density at radius 1 is 1.21 bits per heavy atom. The van der Waals surface area contributed by atoms with E-state index in [-0.39, 0.29) is 12.8 Å². The van der Waals surface area contributed by atoms with Gasteiger partial charge in [0.25, 0.3) is 0 Å². The van der Waals surface area contributed by atoms with Crippen molar-refractivity contribution in [3.63, 3.8) is 0 Å². The molecule has 3 aliphatic rings. The van der Waals surface area contributed by atoms with E-state index in [1.165, 1.54) is 0 Å². The second-order valence-electron chi connectivity index (χ2n) is 12.4. The van der Waals surface area contributed by atoms with Crippen LogP contribution in [0.5, 0.6) is 0 Å². The molecule has 6 rings (SSSR count). The molecule has 0 bridgehead atoms. The Bertz CT molecular complexity index is 1480. The van der Waals surface area contributed by atoms with Crippen molar-refractivity contribution < 1.29 is 14.3 Å². The minimum Gasteiger partial charge on any atom is -0.444 e. The monoisotopic (exact) mass is 573 g/mol. The maximum Gasteiger partial charge on any atom is 0.407 e. The summed E-state index contributed by atoms with van der Waals surface area (Å²) in [5.74, 6) is 1.53. The summed E-state index contributed by atoms with van der Waals surface area (Å²) in [7, 11) is 0. The minimum atomic E-state index is -0.661. The Morgan fingerprint density at radius 2 is 2.05 bits per heavy atom. The van der Waals surface area contributed by atoms with Gasteiger partial charge in [0.05, 0.1) is 29.1 Å². The van der Waals surface area contributed by atoms with Gasteiger partial charge in [-0.25, -0.2) is 19.4 Å². The number of nitrogens with zero attached hydrogens (tertiary/aromatic N) is 8. The topological polar surface area (TPSA) is 134 Å². The first-order valence-electron chi connectivity index (χ1n) is 15.0. The molecule has 0 radical (unpaired) electrons. The highest BCUT2D eigenvalue weighted by atomic mass is 16.6. The van der Waals surface area contributed by atoms with Gasteiger partial charge in [0.15, 0.2) is 23.2 Å². The highest BCUT2D eigenvalue weighted by Crippen LogP contribution is 2.38. The third-order valence-corrected chi connectivity index (χ3v) is 8.26. The fraction of sp³-hybridized carbons (Fsp3) is 0.600. The number of anilines is 3. The molecule has 1 amide bonds. The van der Waals surface area contributed by atoms with Crippen molar-refractivity contribution in [3.8, 4) is 6.07 Å². The van der Waals surface area contributed by atoms with Crippen molar-refractivity contribution in [1.82, 2.24) is 30.0 Å². The van der Waals surface area contributed by atoms with E-state index >= 15 is 0 Å². The van der Waals surface area contributed by atoms with Crippen molar-refractivity contribution in [2.45, 2.75) is 77.5 Å². The molecule has 0 spiro atoms. The first kappa shape index (κ1) is 28.2. The molecule has 42 heavy (non-hydrogen) atoms. The third kappa shape index (κ3) is 5.70. The van der Waals surface area contributed by atoms with Crippen molar-refractivity contribution in [2.24, 2.45) is 5.41 Å². The number of ether oxygens (including phenoxy) is 2. The van der Waals surface area contributed by atoms with Crippen LogP contribution in [0, 0.1) is 16.7 Å². The van der Waals surface area contributed by atoms with Gasteiger partial charge < -0.3 is 24.6 Å². The number of aromatic nitrogens is 5. The molecule has 6 heterocycles. The van der Waals surface area contributed by atoms with E-state index in [0.717, 1.165) is 67.2 Å². The van der Waals surface area contributed by atoms with E-state index in [4.69, 9.17) is 24.5 Å². The van der Waals surface area contributed by atoms with Crippen LogP contribution in [0.3, 0.4) is 0 Å². The van der Waals surface area contributed by atoms with Crippen LogP contribution in [-0.2, 0) is 15.9 Å². The lowest BCUT2D eigenvalue weighted by Crippen LogP contribution is -2.46. The maximum absolute atomic E-state index is 12.2. The smallest absolute Gasteiger partial charge is 0.407 e. The van der Waals surface area contributed by atoms with Crippen molar-refractivity contribution >= 4 is 34.6 Å². The van der Waals surface area contributed by atoms with Crippen LogP contribution in [0.25, 0.3) is 11.2 Å². The van der Waals surface area contributed by atoms with E-state index in [0.29, 0.717) is 38.2 Å². The Labute approximate surface area is 246 Å². The molecule has 2 fully saturated rings. The average Bonchev–Trinajstić information content (AvgIpc) is 3.38. The molecule has 0 aliphatic carbocycles. The van der Waals surface area contributed by atoms with Crippen LogP contribution < -0.4 is 15.1 Å². The van der Waals surface area contributed by atoms with Crippen LogP contribution in [0.1, 0.15) is 71.2 Å². The van der Waals surface area contributed by atoms with E-state index in [1.54, 1.807) is 0 Å². The normalized spacial score (nSPS) is 20.6. The zero-order valence-electron chi connectivity index (χ0n) is 24.7. The SMILES string of the molecule is CC(C)(C)OC(=O)NCC1(C#N)CCN(c2cnc3c(N4CCCc5ncccc54)nn(C4CCCCO4)c3n2)CC1. The van der Waals surface area contributed by atoms with E-state index in [9.17, 15) is 10.1 Å². The molecule has 2 saturated heterocycles. The molecule has 1 N–H and O–H groups in total. The van der Waals surface area contributed by atoms with Gasteiger partial charge >= 0.3 is 6.09 Å². The van der Waals surface area contributed by atoms with Gasteiger partial charge in [-0.05, 0) is 77.8 Å². The first-order chi connectivity index (χ1) is 20.3. The number of piperidine rings is 1. The number of fused-ring (bicyclic) bond motifs is 2. The average molecular weight is 574 g/mol. The largest absolute Gasteiger partial charge is 0.444 e. The Morgan fingerprint density at radius 3 is 2.79 bits per heavy atom. The van der Waals surface area contributed by atoms with Gasteiger partial charge in [-0.1, -0.05) is 0 Å². The summed E-state index contributed by atoms with van der Waals surface area (Å²) in [6.45, 7) is 8.48. The third-order valence-electron chi connectivity index (χ3n) is 8.26. The summed E-state index contributed by atoms with van der Waals surface area (Å²) >= 11 is 0. The van der Waals surface area contributed by atoms with Gasteiger partial charge in [-0.3, -0.25) is 4.98 Å². The standard InChI is InChI=1S/C30H39N9O3/c1-29(2,3)42-28(40)34-20-30(19-31)11-15-37(16-12-30)23-18-33-25-26(35-23)39(24-10-4-5-17-41-24)36-27(25)38-14-7-8-21-22(38)9-6-13-32-21/h6,9,13,18,24H,4-5,7-8,10-12,14-17,20H2,1-3H3,(H,34,40). The number of hydrogen-bond donors (Lipinski definition) is 1. The number of nitriles is 1. The lowest BCUT2D eigenvalue weighted by Gasteiger charge is -2.37. The summed E-state index contributed by atoms with van der Waals surface area (Å²) in [6, 6.07) is 6.52. The lowest BCUT2D eigenvalue weighted by atomic mass is 9.79. The molecule has 3 aromatic heterocycles. The van der Waals surface area contributed by atoms with E-state index in [2.05, 4.69) is 32.2 Å². The predicted molar refractivity (Wildman–Crippen MR) is 157 cm³/mol. The second kappa shape index (κ2) is 11.4. The van der Waals surface area contributed by atoms with Gasteiger partial charge in [-0.15, -0.1) is 5.10 Å². The second-order valence-corrected chi connectivity index (χ2v) is 12.4. The van der Waals surface area contributed by atoms with Gasteiger partial charge in [-0.2, -0.15) is 5.26 Å². The molecule has 1 atom stereocenters. The maximum atomic E-state index is 12.2. The molecule has 222 valence electrons. The number of aryl methyl sites for hydroxylation is 1. The fourth-order valence-corrected chi connectivity index (χ4v) is 6.00. The quantitative estimate of drug-likeness (QED) is 0.460. The van der Waals surface area contributed by atoms with Crippen LogP contribution in [0.2, 0.25) is 0 Å². The summed E-state index contributed by atoms with van der Waals surface area (Å²) in [5.41, 5.74) is 2.33. The number of alkyl carbamates (subject to hydrolysis) is 1.